The molecule has 1 unspecified atom stereocenters. The predicted molar refractivity (Wildman–Crippen MR) is 104 cm³/mol. The maximum Gasteiger partial charge on any atom is 0.224 e. The standard InChI is InChI=1S/C20H31N3O3/c1-5-16(2)23(17(3)24)11-10-20(25)22-14-12-21(13-15-22)18-6-8-19(26-4)9-7-18/h6-9,16H,5,10-15H2,1-4H3. The lowest BCUT2D eigenvalue weighted by molar-refractivity contribution is -0.134. The van der Waals surface area contributed by atoms with Crippen LogP contribution in [0.5, 0.6) is 5.75 Å². The minimum absolute atomic E-state index is 0.0384. The van der Waals surface area contributed by atoms with E-state index in [0.717, 1.165) is 30.9 Å². The van der Waals surface area contributed by atoms with E-state index in [1.54, 1.807) is 18.9 Å². The quantitative estimate of drug-likeness (QED) is 0.748. The fourth-order valence-electron chi connectivity index (χ4n) is 3.29. The Bertz CT molecular complexity index is 595. The molecule has 1 saturated heterocycles. The molecule has 26 heavy (non-hydrogen) atoms. The van der Waals surface area contributed by atoms with Crippen LogP contribution < -0.4 is 9.64 Å². The minimum atomic E-state index is 0.0384. The number of benzene rings is 1. The van der Waals surface area contributed by atoms with Gasteiger partial charge in [-0.1, -0.05) is 6.92 Å². The first-order chi connectivity index (χ1) is 12.5. The third kappa shape index (κ3) is 5.13. The maximum atomic E-state index is 12.5. The number of carbonyl (C=O) groups is 2. The first-order valence-corrected chi connectivity index (χ1v) is 9.40. The molecule has 0 spiro atoms. The van der Waals surface area contributed by atoms with Crippen molar-refractivity contribution in [2.45, 2.75) is 39.7 Å². The Labute approximate surface area is 156 Å². The van der Waals surface area contributed by atoms with Crippen molar-refractivity contribution in [1.82, 2.24) is 9.80 Å². The molecular formula is C20H31N3O3. The van der Waals surface area contributed by atoms with Crippen molar-refractivity contribution >= 4 is 17.5 Å². The zero-order valence-electron chi connectivity index (χ0n) is 16.4. The van der Waals surface area contributed by atoms with E-state index in [1.807, 2.05) is 36.1 Å². The molecule has 1 aliphatic rings. The van der Waals surface area contributed by atoms with Crippen molar-refractivity contribution in [1.29, 1.82) is 0 Å². The summed E-state index contributed by atoms with van der Waals surface area (Å²) in [4.78, 5) is 30.3. The molecule has 1 aliphatic heterocycles. The van der Waals surface area contributed by atoms with Gasteiger partial charge in [-0.2, -0.15) is 0 Å². The normalized spacial score (nSPS) is 15.5. The van der Waals surface area contributed by atoms with Gasteiger partial charge in [0.2, 0.25) is 11.8 Å². The lowest BCUT2D eigenvalue weighted by Crippen LogP contribution is -2.49. The summed E-state index contributed by atoms with van der Waals surface area (Å²) in [5, 5.41) is 0. The van der Waals surface area contributed by atoms with Crippen LogP contribution in [-0.4, -0.2) is 67.5 Å². The molecule has 6 heteroatoms. The van der Waals surface area contributed by atoms with Gasteiger partial charge in [0, 0.05) is 57.8 Å². The van der Waals surface area contributed by atoms with Crippen LogP contribution in [0.4, 0.5) is 5.69 Å². The summed E-state index contributed by atoms with van der Waals surface area (Å²) in [6.45, 7) is 9.23. The Hall–Kier alpha value is -2.24. The Morgan fingerprint density at radius 1 is 1.15 bits per heavy atom. The number of nitrogens with zero attached hydrogens (tertiary/aromatic N) is 3. The van der Waals surface area contributed by atoms with Gasteiger partial charge in [-0.25, -0.2) is 0 Å². The number of methoxy groups -OCH3 is 1. The molecule has 0 N–H and O–H groups in total. The zero-order chi connectivity index (χ0) is 19.1. The Morgan fingerprint density at radius 2 is 1.77 bits per heavy atom. The Morgan fingerprint density at radius 3 is 2.27 bits per heavy atom. The molecule has 1 fully saturated rings. The first kappa shape index (κ1) is 20.1. The summed E-state index contributed by atoms with van der Waals surface area (Å²) < 4.78 is 5.19. The fourth-order valence-corrected chi connectivity index (χ4v) is 3.29. The van der Waals surface area contributed by atoms with Crippen LogP contribution in [0.25, 0.3) is 0 Å². The van der Waals surface area contributed by atoms with E-state index < -0.39 is 0 Å². The van der Waals surface area contributed by atoms with Gasteiger partial charge in [-0.3, -0.25) is 9.59 Å². The van der Waals surface area contributed by atoms with Crippen LogP contribution in [0.1, 0.15) is 33.6 Å². The minimum Gasteiger partial charge on any atom is -0.497 e. The molecule has 1 aromatic rings. The third-order valence-electron chi connectivity index (χ3n) is 5.16. The van der Waals surface area contributed by atoms with E-state index in [1.165, 1.54) is 0 Å². The third-order valence-corrected chi connectivity index (χ3v) is 5.16. The highest BCUT2D eigenvalue weighted by Crippen LogP contribution is 2.20. The monoisotopic (exact) mass is 361 g/mol. The summed E-state index contributed by atoms with van der Waals surface area (Å²) in [6, 6.07) is 8.18. The van der Waals surface area contributed by atoms with Gasteiger partial charge < -0.3 is 19.4 Å². The van der Waals surface area contributed by atoms with Gasteiger partial charge in [0.1, 0.15) is 5.75 Å². The molecule has 1 heterocycles. The number of piperazine rings is 1. The molecule has 0 bridgehead atoms. The van der Waals surface area contributed by atoms with E-state index in [-0.39, 0.29) is 17.9 Å². The van der Waals surface area contributed by atoms with Gasteiger partial charge in [0.05, 0.1) is 7.11 Å². The molecule has 0 saturated carbocycles. The van der Waals surface area contributed by atoms with Crippen molar-refractivity contribution in [2.24, 2.45) is 0 Å². The largest absolute Gasteiger partial charge is 0.497 e. The van der Waals surface area contributed by atoms with Gasteiger partial charge in [-0.15, -0.1) is 0 Å². The topological polar surface area (TPSA) is 53.1 Å². The maximum absolute atomic E-state index is 12.5. The van der Waals surface area contributed by atoms with E-state index in [9.17, 15) is 9.59 Å². The number of rotatable bonds is 7. The summed E-state index contributed by atoms with van der Waals surface area (Å²) in [5.74, 6) is 1.02. The molecule has 0 aliphatic carbocycles. The summed E-state index contributed by atoms with van der Waals surface area (Å²) in [6.07, 6.45) is 1.29. The van der Waals surface area contributed by atoms with Crippen molar-refractivity contribution in [3.63, 3.8) is 0 Å². The van der Waals surface area contributed by atoms with Crippen LogP contribution in [0, 0.1) is 0 Å². The van der Waals surface area contributed by atoms with E-state index in [2.05, 4.69) is 11.8 Å². The van der Waals surface area contributed by atoms with Crippen LogP contribution in [0.15, 0.2) is 24.3 Å². The Kier molecular flexibility index (Phi) is 7.30. The molecular weight excluding hydrogens is 330 g/mol. The molecule has 6 nitrogen and oxygen atoms in total. The second-order valence-electron chi connectivity index (χ2n) is 6.79. The number of carbonyl (C=O) groups excluding carboxylic acids is 2. The number of ether oxygens (including phenoxy) is 1. The van der Waals surface area contributed by atoms with E-state index >= 15 is 0 Å². The highest BCUT2D eigenvalue weighted by atomic mass is 16.5. The van der Waals surface area contributed by atoms with Crippen LogP contribution in [-0.2, 0) is 9.59 Å². The summed E-state index contributed by atoms with van der Waals surface area (Å²) >= 11 is 0. The zero-order valence-corrected chi connectivity index (χ0v) is 16.4. The number of amides is 2. The predicted octanol–water partition coefficient (Wildman–Crippen LogP) is 2.38. The highest BCUT2D eigenvalue weighted by molar-refractivity contribution is 5.78. The van der Waals surface area contributed by atoms with Crippen LogP contribution >= 0.6 is 0 Å². The van der Waals surface area contributed by atoms with E-state index in [4.69, 9.17) is 4.74 Å². The van der Waals surface area contributed by atoms with Gasteiger partial charge in [-0.05, 0) is 37.6 Å². The van der Waals surface area contributed by atoms with Crippen LogP contribution in [0.2, 0.25) is 0 Å². The van der Waals surface area contributed by atoms with Gasteiger partial charge in [0.25, 0.3) is 0 Å². The second-order valence-corrected chi connectivity index (χ2v) is 6.79. The van der Waals surface area contributed by atoms with Crippen molar-refractivity contribution in [2.75, 3.05) is 44.7 Å². The molecule has 0 aromatic heterocycles. The average molecular weight is 361 g/mol. The first-order valence-electron chi connectivity index (χ1n) is 9.40. The summed E-state index contributed by atoms with van der Waals surface area (Å²) in [5.41, 5.74) is 1.15. The van der Waals surface area contributed by atoms with Crippen molar-refractivity contribution in [3.05, 3.63) is 24.3 Å². The smallest absolute Gasteiger partial charge is 0.224 e. The number of anilines is 1. The molecule has 144 valence electrons. The lowest BCUT2D eigenvalue weighted by Gasteiger charge is -2.36. The molecule has 0 radical (unpaired) electrons. The molecule has 2 rings (SSSR count). The molecule has 1 atom stereocenters. The number of hydrogen-bond donors (Lipinski definition) is 0. The van der Waals surface area contributed by atoms with Gasteiger partial charge >= 0.3 is 0 Å². The van der Waals surface area contributed by atoms with Crippen LogP contribution in [0.3, 0.4) is 0 Å². The van der Waals surface area contributed by atoms with E-state index in [0.29, 0.717) is 26.1 Å². The molecule has 2 amide bonds. The van der Waals surface area contributed by atoms with Crippen molar-refractivity contribution in [3.8, 4) is 5.75 Å². The van der Waals surface area contributed by atoms with Gasteiger partial charge in [0.15, 0.2) is 0 Å². The summed E-state index contributed by atoms with van der Waals surface area (Å²) in [7, 11) is 1.66. The second kappa shape index (κ2) is 9.46. The molecule has 1 aromatic carbocycles. The Balaban J connectivity index is 1.82. The lowest BCUT2D eigenvalue weighted by atomic mass is 10.2. The van der Waals surface area contributed by atoms with Crippen molar-refractivity contribution < 1.29 is 14.3 Å². The SMILES string of the molecule is CCC(C)N(CCC(=O)N1CCN(c2ccc(OC)cc2)CC1)C(C)=O. The number of hydrogen-bond acceptors (Lipinski definition) is 4. The highest BCUT2D eigenvalue weighted by Gasteiger charge is 2.23. The average Bonchev–Trinajstić information content (AvgIpc) is 2.67. The fraction of sp³-hybridized carbons (Fsp3) is 0.600.